The van der Waals surface area contributed by atoms with E-state index in [2.05, 4.69) is 17.1 Å². The zero-order chi connectivity index (χ0) is 14.9. The van der Waals surface area contributed by atoms with E-state index in [1.54, 1.807) is 6.20 Å². The summed E-state index contributed by atoms with van der Waals surface area (Å²) >= 11 is 0. The average molecular weight is 287 g/mol. The second-order valence-corrected chi connectivity index (χ2v) is 5.94. The molecule has 0 saturated carbocycles. The van der Waals surface area contributed by atoms with Crippen molar-refractivity contribution in [2.24, 2.45) is 5.41 Å². The fourth-order valence-corrected chi connectivity index (χ4v) is 3.13. The number of hydrogen-bond donors (Lipinski definition) is 2. The van der Waals surface area contributed by atoms with Crippen LogP contribution in [0.2, 0.25) is 0 Å². The summed E-state index contributed by atoms with van der Waals surface area (Å²) in [7, 11) is 0. The lowest BCUT2D eigenvalue weighted by Gasteiger charge is -2.40. The average Bonchev–Trinajstić information content (AvgIpc) is 3.03. The van der Waals surface area contributed by atoms with Gasteiger partial charge < -0.3 is 10.0 Å². The first kappa shape index (κ1) is 14.1. The van der Waals surface area contributed by atoms with Crippen LogP contribution in [0.25, 0.3) is 10.9 Å². The van der Waals surface area contributed by atoms with Gasteiger partial charge in [-0.15, -0.1) is 0 Å². The molecule has 0 aliphatic carbocycles. The molecule has 1 aliphatic rings. The van der Waals surface area contributed by atoms with Gasteiger partial charge >= 0.3 is 0 Å². The first-order valence-corrected chi connectivity index (χ1v) is 7.51. The van der Waals surface area contributed by atoms with Crippen molar-refractivity contribution in [3.8, 4) is 0 Å². The number of aliphatic hydroxyl groups excluding tert-OH is 1. The summed E-state index contributed by atoms with van der Waals surface area (Å²) in [5, 5.41) is 17.5. The molecule has 112 valence electrons. The molecule has 1 fully saturated rings. The molecule has 2 N–H and O–H groups in total. The van der Waals surface area contributed by atoms with Crippen LogP contribution in [0.5, 0.6) is 0 Å². The molecule has 3 rings (SSSR count). The second kappa shape index (κ2) is 5.48. The summed E-state index contributed by atoms with van der Waals surface area (Å²) < 4.78 is 0. The quantitative estimate of drug-likeness (QED) is 0.909. The van der Waals surface area contributed by atoms with Crippen LogP contribution in [0.4, 0.5) is 0 Å². The lowest BCUT2D eigenvalue weighted by Crippen LogP contribution is -2.44. The molecular formula is C16H21N3O2. The molecular weight excluding hydrogens is 266 g/mol. The van der Waals surface area contributed by atoms with Crippen molar-refractivity contribution in [2.45, 2.75) is 26.2 Å². The van der Waals surface area contributed by atoms with Gasteiger partial charge in [-0.3, -0.25) is 9.89 Å². The number of aliphatic hydroxyl groups is 1. The molecule has 1 saturated heterocycles. The van der Waals surface area contributed by atoms with Gasteiger partial charge in [-0.25, -0.2) is 0 Å². The first-order chi connectivity index (χ1) is 10.2. The number of carbonyl (C=O) groups excluding carboxylic acids is 1. The number of fused-ring (bicyclic) bond motifs is 1. The van der Waals surface area contributed by atoms with Gasteiger partial charge in [0.2, 0.25) is 0 Å². The van der Waals surface area contributed by atoms with E-state index in [0.717, 1.165) is 30.2 Å². The minimum atomic E-state index is -0.00320. The van der Waals surface area contributed by atoms with E-state index in [4.69, 9.17) is 0 Å². The number of piperidine rings is 1. The summed E-state index contributed by atoms with van der Waals surface area (Å²) in [4.78, 5) is 14.6. The Morgan fingerprint density at radius 3 is 2.86 bits per heavy atom. The maximum atomic E-state index is 12.7. The highest BCUT2D eigenvalue weighted by molar-refractivity contribution is 6.05. The van der Waals surface area contributed by atoms with Crippen molar-refractivity contribution in [3.63, 3.8) is 0 Å². The molecule has 1 aromatic carbocycles. The van der Waals surface area contributed by atoms with Gasteiger partial charge in [0.25, 0.3) is 5.91 Å². The van der Waals surface area contributed by atoms with Crippen molar-refractivity contribution in [3.05, 3.63) is 30.0 Å². The number of benzene rings is 1. The van der Waals surface area contributed by atoms with E-state index in [1.807, 2.05) is 23.1 Å². The number of rotatable bonds is 3. The predicted molar refractivity (Wildman–Crippen MR) is 81.0 cm³/mol. The predicted octanol–water partition coefficient (Wildman–Crippen LogP) is 2.19. The van der Waals surface area contributed by atoms with Gasteiger partial charge in [-0.1, -0.05) is 19.1 Å². The fraction of sp³-hybridized carbons (Fsp3) is 0.500. The summed E-state index contributed by atoms with van der Waals surface area (Å²) in [5.41, 5.74) is 1.48. The third-order valence-corrected chi connectivity index (χ3v) is 4.90. The normalized spacial score (nSPS) is 18.1. The summed E-state index contributed by atoms with van der Waals surface area (Å²) in [6.45, 7) is 3.73. The van der Waals surface area contributed by atoms with E-state index >= 15 is 0 Å². The van der Waals surface area contributed by atoms with Crippen molar-refractivity contribution in [1.29, 1.82) is 0 Å². The largest absolute Gasteiger partial charge is 0.396 e. The van der Waals surface area contributed by atoms with Crippen LogP contribution in [0.15, 0.2) is 24.4 Å². The highest BCUT2D eigenvalue weighted by Gasteiger charge is 2.34. The van der Waals surface area contributed by atoms with Gasteiger partial charge in [0.05, 0.1) is 17.3 Å². The zero-order valence-electron chi connectivity index (χ0n) is 12.3. The number of para-hydroxylation sites is 1. The molecule has 1 aromatic heterocycles. The van der Waals surface area contributed by atoms with Gasteiger partial charge in [0.1, 0.15) is 0 Å². The van der Waals surface area contributed by atoms with Crippen LogP contribution in [0.1, 0.15) is 36.5 Å². The Morgan fingerprint density at radius 2 is 2.19 bits per heavy atom. The maximum absolute atomic E-state index is 12.7. The van der Waals surface area contributed by atoms with Crippen molar-refractivity contribution < 1.29 is 9.90 Å². The van der Waals surface area contributed by atoms with Crippen LogP contribution in [0, 0.1) is 5.41 Å². The van der Waals surface area contributed by atoms with Gasteiger partial charge in [0, 0.05) is 25.1 Å². The summed E-state index contributed by atoms with van der Waals surface area (Å²) in [6, 6.07) is 5.68. The molecule has 1 amide bonds. The Bertz CT molecular complexity index is 636. The zero-order valence-corrected chi connectivity index (χ0v) is 12.3. The molecule has 0 atom stereocenters. The number of hydrogen-bond acceptors (Lipinski definition) is 3. The Hall–Kier alpha value is -1.88. The SMILES string of the molecule is CCC1(CO)CCN(C(=O)c2cccc3cn[nH]c23)CC1. The monoisotopic (exact) mass is 287 g/mol. The lowest BCUT2D eigenvalue weighted by atomic mass is 9.77. The van der Waals surface area contributed by atoms with Gasteiger partial charge in [-0.2, -0.15) is 5.10 Å². The summed E-state index contributed by atoms with van der Waals surface area (Å²) in [6.07, 6.45) is 4.42. The Kier molecular flexibility index (Phi) is 3.68. The van der Waals surface area contributed by atoms with E-state index in [0.29, 0.717) is 18.7 Å². The Labute approximate surface area is 124 Å². The van der Waals surface area contributed by atoms with Crippen LogP contribution in [-0.2, 0) is 0 Å². The maximum Gasteiger partial charge on any atom is 0.256 e. The van der Waals surface area contributed by atoms with Crippen LogP contribution >= 0.6 is 0 Å². The standard InChI is InChI=1S/C16H21N3O2/c1-2-16(11-20)6-8-19(9-7-16)15(21)13-5-3-4-12-10-17-18-14(12)13/h3-5,10,20H,2,6-9,11H2,1H3,(H,17,18). The molecule has 1 aliphatic heterocycles. The minimum absolute atomic E-state index is 0.00320. The highest BCUT2D eigenvalue weighted by Crippen LogP contribution is 2.34. The number of nitrogens with one attached hydrogen (secondary N) is 1. The molecule has 0 bridgehead atoms. The number of nitrogens with zero attached hydrogens (tertiary/aromatic N) is 2. The molecule has 2 aromatic rings. The van der Waals surface area contributed by atoms with Crippen LogP contribution in [0.3, 0.4) is 0 Å². The number of amides is 1. The fourth-order valence-electron chi connectivity index (χ4n) is 3.13. The highest BCUT2D eigenvalue weighted by atomic mass is 16.3. The Balaban J connectivity index is 1.80. The number of aromatic nitrogens is 2. The molecule has 5 nitrogen and oxygen atoms in total. The third-order valence-electron chi connectivity index (χ3n) is 4.90. The number of aromatic amines is 1. The van der Waals surface area contributed by atoms with Gasteiger partial charge in [-0.05, 0) is 30.7 Å². The van der Waals surface area contributed by atoms with Crippen LogP contribution in [-0.4, -0.2) is 45.8 Å². The topological polar surface area (TPSA) is 69.2 Å². The molecule has 0 radical (unpaired) electrons. The van der Waals surface area contributed by atoms with Crippen molar-refractivity contribution >= 4 is 16.8 Å². The molecule has 0 unspecified atom stereocenters. The third kappa shape index (κ3) is 2.42. The van der Waals surface area contributed by atoms with Crippen LogP contribution < -0.4 is 0 Å². The van der Waals surface area contributed by atoms with Crippen molar-refractivity contribution in [2.75, 3.05) is 19.7 Å². The molecule has 5 heteroatoms. The number of carbonyl (C=O) groups is 1. The van der Waals surface area contributed by atoms with E-state index in [9.17, 15) is 9.90 Å². The van der Waals surface area contributed by atoms with E-state index in [1.165, 1.54) is 0 Å². The minimum Gasteiger partial charge on any atom is -0.396 e. The molecule has 0 spiro atoms. The summed E-state index contributed by atoms with van der Waals surface area (Å²) in [5.74, 6) is 0.0486. The second-order valence-electron chi connectivity index (χ2n) is 5.94. The molecule has 21 heavy (non-hydrogen) atoms. The van der Waals surface area contributed by atoms with E-state index in [-0.39, 0.29) is 17.9 Å². The molecule has 2 heterocycles. The smallest absolute Gasteiger partial charge is 0.256 e. The number of likely N-dealkylation sites (tertiary alicyclic amines) is 1. The Morgan fingerprint density at radius 1 is 1.43 bits per heavy atom. The number of H-pyrrole nitrogens is 1. The van der Waals surface area contributed by atoms with E-state index < -0.39 is 0 Å². The van der Waals surface area contributed by atoms with Crippen molar-refractivity contribution in [1.82, 2.24) is 15.1 Å². The van der Waals surface area contributed by atoms with Gasteiger partial charge in [0.15, 0.2) is 0 Å². The lowest BCUT2D eigenvalue weighted by molar-refractivity contribution is 0.0339. The first-order valence-electron chi connectivity index (χ1n) is 7.51.